The summed E-state index contributed by atoms with van der Waals surface area (Å²) in [7, 11) is 0. The molecule has 1 aliphatic heterocycles. The second kappa shape index (κ2) is 6.76. The molecule has 0 amide bonds. The summed E-state index contributed by atoms with van der Waals surface area (Å²) < 4.78 is 32.4. The molecule has 5 heteroatoms. The summed E-state index contributed by atoms with van der Waals surface area (Å²) in [5.41, 5.74) is 2.41. The summed E-state index contributed by atoms with van der Waals surface area (Å²) in [6.45, 7) is 1.56. The van der Waals surface area contributed by atoms with Gasteiger partial charge in [0.2, 0.25) is 5.89 Å². The van der Waals surface area contributed by atoms with Crippen molar-refractivity contribution in [1.82, 2.24) is 9.88 Å². The zero-order valence-electron chi connectivity index (χ0n) is 13.7. The maximum atomic E-state index is 13.5. The van der Waals surface area contributed by atoms with Crippen LogP contribution in [0.25, 0.3) is 11.5 Å². The molecule has 0 aliphatic carbocycles. The number of oxazole rings is 1. The summed E-state index contributed by atoms with van der Waals surface area (Å²) in [4.78, 5) is 6.76. The maximum Gasteiger partial charge on any atom is 0.226 e. The van der Waals surface area contributed by atoms with Gasteiger partial charge in [-0.15, -0.1) is 0 Å². The summed E-state index contributed by atoms with van der Waals surface area (Å²) in [5, 5.41) is 0. The van der Waals surface area contributed by atoms with Crippen LogP contribution in [-0.2, 0) is 6.54 Å². The molecule has 1 aliphatic rings. The SMILES string of the molecule is Fc1cccc(-c2nc(CN3CCC[C@@H]3c3cccc(F)c3)co2)c1. The van der Waals surface area contributed by atoms with Crippen LogP contribution in [-0.4, -0.2) is 16.4 Å². The minimum Gasteiger partial charge on any atom is -0.444 e. The Labute approximate surface area is 144 Å². The number of hydrogen-bond donors (Lipinski definition) is 0. The fourth-order valence-electron chi connectivity index (χ4n) is 3.45. The quantitative estimate of drug-likeness (QED) is 0.672. The molecule has 0 unspecified atom stereocenters. The molecule has 0 spiro atoms. The number of hydrogen-bond acceptors (Lipinski definition) is 3. The third-order valence-corrected chi connectivity index (χ3v) is 4.59. The van der Waals surface area contributed by atoms with E-state index in [4.69, 9.17) is 4.42 Å². The lowest BCUT2D eigenvalue weighted by molar-refractivity contribution is 0.245. The van der Waals surface area contributed by atoms with Gasteiger partial charge in [-0.05, 0) is 55.3 Å². The molecule has 0 bridgehead atoms. The smallest absolute Gasteiger partial charge is 0.226 e. The Balaban J connectivity index is 1.52. The molecular weight excluding hydrogens is 322 g/mol. The van der Waals surface area contributed by atoms with Gasteiger partial charge < -0.3 is 4.42 Å². The predicted octanol–water partition coefficient (Wildman–Crippen LogP) is 4.96. The van der Waals surface area contributed by atoms with Crippen molar-refractivity contribution < 1.29 is 13.2 Å². The van der Waals surface area contributed by atoms with Crippen LogP contribution in [0.15, 0.2) is 59.2 Å². The van der Waals surface area contributed by atoms with Gasteiger partial charge in [-0.3, -0.25) is 4.90 Å². The lowest BCUT2D eigenvalue weighted by Gasteiger charge is -2.23. The minimum atomic E-state index is -0.317. The Morgan fingerprint density at radius 2 is 1.88 bits per heavy atom. The predicted molar refractivity (Wildman–Crippen MR) is 90.7 cm³/mol. The highest BCUT2D eigenvalue weighted by Crippen LogP contribution is 2.33. The summed E-state index contributed by atoms with van der Waals surface area (Å²) in [6, 6.07) is 13.2. The Morgan fingerprint density at radius 1 is 1.08 bits per heavy atom. The number of rotatable bonds is 4. The van der Waals surface area contributed by atoms with Gasteiger partial charge in [0.1, 0.15) is 17.9 Å². The summed E-state index contributed by atoms with van der Waals surface area (Å²) in [5.74, 6) is -0.113. The molecule has 0 radical (unpaired) electrons. The largest absolute Gasteiger partial charge is 0.444 e. The standard InChI is InChI=1S/C20H18F2N2O/c21-16-6-1-4-14(10-16)19-8-3-9-24(19)12-18-13-25-20(23-18)15-5-2-7-17(22)11-15/h1-2,4-7,10-11,13,19H,3,8-9,12H2/t19-/m1/s1. The summed E-state index contributed by atoms with van der Waals surface area (Å²) in [6.07, 6.45) is 3.68. The Bertz CT molecular complexity index is 877. The van der Waals surface area contributed by atoms with E-state index >= 15 is 0 Å². The van der Waals surface area contributed by atoms with Crippen LogP contribution >= 0.6 is 0 Å². The highest BCUT2D eigenvalue weighted by molar-refractivity contribution is 5.52. The zero-order chi connectivity index (χ0) is 17.2. The Hall–Kier alpha value is -2.53. The van der Waals surface area contributed by atoms with Gasteiger partial charge in [0.05, 0.1) is 5.69 Å². The third-order valence-electron chi connectivity index (χ3n) is 4.59. The summed E-state index contributed by atoms with van der Waals surface area (Å²) >= 11 is 0. The van der Waals surface area contributed by atoms with Crippen LogP contribution in [0, 0.1) is 11.6 Å². The van der Waals surface area contributed by atoms with Gasteiger partial charge in [0.25, 0.3) is 0 Å². The topological polar surface area (TPSA) is 29.3 Å². The van der Waals surface area contributed by atoms with Crippen LogP contribution in [0.1, 0.15) is 30.1 Å². The number of nitrogens with zero attached hydrogens (tertiary/aromatic N) is 2. The first-order valence-electron chi connectivity index (χ1n) is 8.39. The molecule has 3 nitrogen and oxygen atoms in total. The molecule has 1 saturated heterocycles. The molecule has 25 heavy (non-hydrogen) atoms. The van der Waals surface area contributed by atoms with Crippen molar-refractivity contribution in [1.29, 1.82) is 0 Å². The van der Waals surface area contributed by atoms with E-state index in [-0.39, 0.29) is 17.7 Å². The van der Waals surface area contributed by atoms with Crippen LogP contribution in [0.2, 0.25) is 0 Å². The van der Waals surface area contributed by atoms with Crippen molar-refractivity contribution in [2.45, 2.75) is 25.4 Å². The van der Waals surface area contributed by atoms with E-state index in [0.29, 0.717) is 18.0 Å². The van der Waals surface area contributed by atoms with Gasteiger partial charge in [-0.1, -0.05) is 18.2 Å². The molecule has 0 N–H and O–H groups in total. The van der Waals surface area contributed by atoms with Gasteiger partial charge >= 0.3 is 0 Å². The zero-order valence-corrected chi connectivity index (χ0v) is 13.7. The van der Waals surface area contributed by atoms with Crippen LogP contribution in [0.5, 0.6) is 0 Å². The van der Waals surface area contributed by atoms with E-state index < -0.39 is 0 Å². The first-order valence-corrected chi connectivity index (χ1v) is 8.39. The molecule has 1 fully saturated rings. The van der Waals surface area contributed by atoms with Gasteiger partial charge in [-0.25, -0.2) is 13.8 Å². The van der Waals surface area contributed by atoms with E-state index in [1.807, 2.05) is 6.07 Å². The maximum absolute atomic E-state index is 13.5. The van der Waals surface area contributed by atoms with Crippen molar-refractivity contribution in [2.75, 3.05) is 6.54 Å². The minimum absolute atomic E-state index is 0.185. The number of halogens is 2. The average molecular weight is 340 g/mol. The fraction of sp³-hybridized carbons (Fsp3) is 0.250. The molecule has 3 aromatic rings. The van der Waals surface area contributed by atoms with Crippen molar-refractivity contribution in [3.63, 3.8) is 0 Å². The van der Waals surface area contributed by atoms with Gasteiger partial charge in [0, 0.05) is 18.2 Å². The molecule has 1 atom stereocenters. The van der Waals surface area contributed by atoms with Gasteiger partial charge in [0.15, 0.2) is 0 Å². The monoisotopic (exact) mass is 340 g/mol. The molecule has 128 valence electrons. The molecule has 4 rings (SSSR count). The van der Waals surface area contributed by atoms with Crippen molar-refractivity contribution >= 4 is 0 Å². The second-order valence-corrected chi connectivity index (χ2v) is 6.34. The average Bonchev–Trinajstić information content (AvgIpc) is 3.25. The van der Waals surface area contributed by atoms with Crippen molar-refractivity contribution in [3.05, 3.63) is 77.7 Å². The van der Waals surface area contributed by atoms with Crippen LogP contribution in [0.4, 0.5) is 8.78 Å². The lowest BCUT2D eigenvalue weighted by atomic mass is 10.0. The molecule has 2 heterocycles. The van der Waals surface area contributed by atoms with Crippen molar-refractivity contribution in [2.24, 2.45) is 0 Å². The van der Waals surface area contributed by atoms with Crippen LogP contribution in [0.3, 0.4) is 0 Å². The first kappa shape index (κ1) is 16.0. The Kier molecular flexibility index (Phi) is 4.32. The van der Waals surface area contributed by atoms with E-state index in [1.54, 1.807) is 30.5 Å². The number of benzene rings is 2. The second-order valence-electron chi connectivity index (χ2n) is 6.34. The highest BCUT2D eigenvalue weighted by Gasteiger charge is 2.27. The molecular formula is C20H18F2N2O. The molecule has 0 saturated carbocycles. The molecule has 2 aromatic carbocycles. The third kappa shape index (κ3) is 3.46. The van der Waals surface area contributed by atoms with Gasteiger partial charge in [-0.2, -0.15) is 0 Å². The fourth-order valence-corrected chi connectivity index (χ4v) is 3.45. The van der Waals surface area contributed by atoms with E-state index in [0.717, 1.165) is 30.6 Å². The number of aromatic nitrogens is 1. The molecule has 1 aromatic heterocycles. The van der Waals surface area contributed by atoms with E-state index in [2.05, 4.69) is 9.88 Å². The normalized spacial score (nSPS) is 17.9. The lowest BCUT2D eigenvalue weighted by Crippen LogP contribution is -2.23. The Morgan fingerprint density at radius 3 is 2.68 bits per heavy atom. The first-order chi connectivity index (χ1) is 12.2. The number of likely N-dealkylation sites (tertiary alicyclic amines) is 1. The van der Waals surface area contributed by atoms with E-state index in [9.17, 15) is 8.78 Å². The van der Waals surface area contributed by atoms with Crippen molar-refractivity contribution in [3.8, 4) is 11.5 Å². The van der Waals surface area contributed by atoms with E-state index in [1.165, 1.54) is 18.2 Å². The highest BCUT2D eigenvalue weighted by atomic mass is 19.1. The van der Waals surface area contributed by atoms with Crippen LogP contribution < -0.4 is 0 Å².